The van der Waals surface area contributed by atoms with Gasteiger partial charge in [-0.25, -0.2) is 9.37 Å². The number of carbonyl (C=O) groups excluding carboxylic acids is 1. The number of carbonyl (C=O) groups is 1. The molecule has 156 valence electrons. The summed E-state index contributed by atoms with van der Waals surface area (Å²) in [5.41, 5.74) is 4.25. The van der Waals surface area contributed by atoms with Crippen molar-refractivity contribution >= 4 is 17.1 Å². The number of H-pyrrole nitrogens is 1. The topological polar surface area (TPSA) is 67.9 Å². The van der Waals surface area contributed by atoms with E-state index in [2.05, 4.69) is 9.97 Å². The summed E-state index contributed by atoms with van der Waals surface area (Å²) in [6, 6.07) is 19.4. The largest absolute Gasteiger partial charge is 0.497 e. The number of aromatic nitrogens is 3. The molecule has 3 aromatic carbocycles. The van der Waals surface area contributed by atoms with Gasteiger partial charge in [-0.05, 0) is 65.4 Å². The Hall–Kier alpha value is -4.32. The van der Waals surface area contributed by atoms with Crippen LogP contribution >= 0.6 is 0 Å². The molecule has 0 saturated heterocycles. The average molecular weight is 423 g/mol. The third kappa shape index (κ3) is 3.41. The second-order valence-corrected chi connectivity index (χ2v) is 7.28. The summed E-state index contributed by atoms with van der Waals surface area (Å²) in [6.07, 6.45) is 4.23. The minimum Gasteiger partial charge on any atom is -0.497 e. The van der Waals surface area contributed by atoms with Gasteiger partial charge in [0.1, 0.15) is 17.4 Å². The zero-order chi connectivity index (χ0) is 22.1. The van der Waals surface area contributed by atoms with Crippen LogP contribution in [0.4, 0.5) is 4.39 Å². The van der Waals surface area contributed by atoms with Gasteiger partial charge in [0.25, 0.3) is 0 Å². The quantitative estimate of drug-likeness (QED) is 0.356. The Morgan fingerprint density at radius 3 is 2.41 bits per heavy atom. The fourth-order valence-corrected chi connectivity index (χ4v) is 3.83. The predicted octanol–water partition coefficient (Wildman–Crippen LogP) is 5.92. The SMILES string of the molecule is COc1ccc2ccc(-c3nc(-c4ccc(F)cc4)c(-c4ccncc4)[nH]3)c(C=O)c2c1. The zero-order valence-corrected chi connectivity index (χ0v) is 17.2. The number of imidazole rings is 1. The number of rotatable bonds is 5. The van der Waals surface area contributed by atoms with Crippen molar-refractivity contribution in [1.82, 2.24) is 15.0 Å². The summed E-state index contributed by atoms with van der Waals surface area (Å²) in [5, 5.41) is 1.71. The van der Waals surface area contributed by atoms with Gasteiger partial charge < -0.3 is 9.72 Å². The molecule has 0 amide bonds. The number of benzene rings is 3. The Balaban J connectivity index is 1.75. The molecule has 0 saturated carbocycles. The van der Waals surface area contributed by atoms with Crippen molar-refractivity contribution in [2.75, 3.05) is 7.11 Å². The Labute approximate surface area is 183 Å². The number of ether oxygens (including phenoxy) is 1. The molecule has 0 aliphatic carbocycles. The number of aldehydes is 1. The van der Waals surface area contributed by atoms with Gasteiger partial charge in [-0.1, -0.05) is 12.1 Å². The standard InChI is InChI=1S/C26H18FN3O2/c1-32-20-8-4-16-5-9-21(23(15-31)22(16)14-20)26-29-24(17-2-6-19(27)7-3-17)25(30-26)18-10-12-28-13-11-18/h2-15H,1H3,(H,29,30). The molecule has 0 aliphatic heterocycles. The van der Waals surface area contributed by atoms with Crippen molar-refractivity contribution in [2.45, 2.75) is 0 Å². The summed E-state index contributed by atoms with van der Waals surface area (Å²) < 4.78 is 18.9. The molecule has 0 aliphatic rings. The summed E-state index contributed by atoms with van der Waals surface area (Å²) in [5.74, 6) is 0.895. The summed E-state index contributed by atoms with van der Waals surface area (Å²) >= 11 is 0. The van der Waals surface area contributed by atoms with Crippen molar-refractivity contribution < 1.29 is 13.9 Å². The van der Waals surface area contributed by atoms with Gasteiger partial charge in [0.05, 0.1) is 18.5 Å². The Morgan fingerprint density at radius 2 is 1.69 bits per heavy atom. The van der Waals surface area contributed by atoms with Crippen molar-refractivity contribution in [2.24, 2.45) is 0 Å². The number of nitrogens with one attached hydrogen (secondary N) is 1. The third-order valence-electron chi connectivity index (χ3n) is 5.43. The van der Waals surface area contributed by atoms with Gasteiger partial charge in [0.2, 0.25) is 0 Å². The van der Waals surface area contributed by atoms with Gasteiger partial charge in [-0.3, -0.25) is 9.78 Å². The molecule has 5 rings (SSSR count). The van der Waals surface area contributed by atoms with E-state index in [1.807, 2.05) is 42.5 Å². The van der Waals surface area contributed by atoms with Crippen LogP contribution in [0.2, 0.25) is 0 Å². The number of pyridine rings is 1. The highest BCUT2D eigenvalue weighted by Crippen LogP contribution is 2.36. The molecule has 0 atom stereocenters. The van der Waals surface area contributed by atoms with Gasteiger partial charge in [0, 0.05) is 34.6 Å². The number of fused-ring (bicyclic) bond motifs is 1. The first-order valence-electron chi connectivity index (χ1n) is 10.0. The second kappa shape index (κ2) is 8.07. The number of hydrogen-bond acceptors (Lipinski definition) is 4. The number of nitrogens with zero attached hydrogens (tertiary/aromatic N) is 2. The molecule has 0 fully saturated rings. The van der Waals surface area contributed by atoms with Crippen LogP contribution in [0.25, 0.3) is 44.7 Å². The normalized spacial score (nSPS) is 10.9. The summed E-state index contributed by atoms with van der Waals surface area (Å²) in [7, 11) is 1.59. The van der Waals surface area contributed by atoms with Crippen molar-refractivity contribution in [1.29, 1.82) is 0 Å². The first-order chi connectivity index (χ1) is 15.7. The van der Waals surface area contributed by atoms with Crippen LogP contribution in [0.3, 0.4) is 0 Å². The van der Waals surface area contributed by atoms with E-state index in [9.17, 15) is 9.18 Å². The highest BCUT2D eigenvalue weighted by atomic mass is 19.1. The predicted molar refractivity (Wildman–Crippen MR) is 122 cm³/mol. The lowest BCUT2D eigenvalue weighted by Crippen LogP contribution is -1.93. The molecular formula is C26H18FN3O2. The lowest BCUT2D eigenvalue weighted by atomic mass is 9.99. The molecule has 2 heterocycles. The van der Waals surface area contributed by atoms with E-state index in [1.54, 1.807) is 31.6 Å². The lowest BCUT2D eigenvalue weighted by molar-refractivity contribution is 0.112. The molecule has 5 nitrogen and oxygen atoms in total. The Kier molecular flexibility index (Phi) is 4.95. The Bertz CT molecular complexity index is 1430. The van der Waals surface area contributed by atoms with E-state index in [-0.39, 0.29) is 5.82 Å². The highest BCUT2D eigenvalue weighted by molar-refractivity contribution is 6.04. The van der Waals surface area contributed by atoms with Crippen molar-refractivity contribution in [3.63, 3.8) is 0 Å². The molecule has 1 N–H and O–H groups in total. The van der Waals surface area contributed by atoms with E-state index in [0.29, 0.717) is 28.4 Å². The van der Waals surface area contributed by atoms with E-state index in [1.165, 1.54) is 12.1 Å². The molecule has 0 spiro atoms. The van der Waals surface area contributed by atoms with E-state index in [0.717, 1.165) is 33.9 Å². The van der Waals surface area contributed by atoms with E-state index < -0.39 is 0 Å². The minimum atomic E-state index is -0.318. The smallest absolute Gasteiger partial charge is 0.151 e. The second-order valence-electron chi connectivity index (χ2n) is 7.28. The molecule has 5 aromatic rings. The molecule has 32 heavy (non-hydrogen) atoms. The molecule has 0 radical (unpaired) electrons. The van der Waals surface area contributed by atoms with Gasteiger partial charge in [0.15, 0.2) is 6.29 Å². The fourth-order valence-electron chi connectivity index (χ4n) is 3.83. The van der Waals surface area contributed by atoms with E-state index in [4.69, 9.17) is 9.72 Å². The zero-order valence-electron chi connectivity index (χ0n) is 17.2. The Morgan fingerprint density at radius 1 is 0.938 bits per heavy atom. The molecule has 0 unspecified atom stereocenters. The first kappa shape index (κ1) is 19.6. The minimum absolute atomic E-state index is 0.318. The highest BCUT2D eigenvalue weighted by Gasteiger charge is 2.18. The first-order valence-corrected chi connectivity index (χ1v) is 10.0. The molecule has 6 heteroatoms. The lowest BCUT2D eigenvalue weighted by Gasteiger charge is -2.08. The maximum Gasteiger partial charge on any atom is 0.151 e. The van der Waals surface area contributed by atoms with Gasteiger partial charge >= 0.3 is 0 Å². The fraction of sp³-hybridized carbons (Fsp3) is 0.0385. The van der Waals surface area contributed by atoms with Crippen LogP contribution in [0.15, 0.2) is 79.1 Å². The maximum atomic E-state index is 13.5. The number of aromatic amines is 1. The van der Waals surface area contributed by atoms with Crippen LogP contribution < -0.4 is 4.74 Å². The van der Waals surface area contributed by atoms with Crippen LogP contribution in [0.1, 0.15) is 10.4 Å². The number of hydrogen-bond donors (Lipinski definition) is 1. The van der Waals surface area contributed by atoms with Crippen molar-refractivity contribution in [3.05, 3.63) is 90.5 Å². The monoisotopic (exact) mass is 423 g/mol. The van der Waals surface area contributed by atoms with Crippen molar-refractivity contribution in [3.8, 4) is 39.7 Å². The van der Waals surface area contributed by atoms with Crippen LogP contribution in [0, 0.1) is 5.82 Å². The van der Waals surface area contributed by atoms with Crippen LogP contribution in [-0.4, -0.2) is 28.3 Å². The number of halogens is 1. The van der Waals surface area contributed by atoms with Crippen LogP contribution in [0.5, 0.6) is 5.75 Å². The molecule has 0 bridgehead atoms. The average Bonchev–Trinajstić information content (AvgIpc) is 3.29. The third-order valence-corrected chi connectivity index (χ3v) is 5.43. The summed E-state index contributed by atoms with van der Waals surface area (Å²) in [4.78, 5) is 24.4. The summed E-state index contributed by atoms with van der Waals surface area (Å²) in [6.45, 7) is 0. The number of methoxy groups -OCH3 is 1. The molecular weight excluding hydrogens is 405 g/mol. The maximum absolute atomic E-state index is 13.5. The van der Waals surface area contributed by atoms with Gasteiger partial charge in [-0.15, -0.1) is 0 Å². The molecule has 2 aromatic heterocycles. The van der Waals surface area contributed by atoms with E-state index >= 15 is 0 Å². The van der Waals surface area contributed by atoms with Crippen LogP contribution in [-0.2, 0) is 0 Å². The van der Waals surface area contributed by atoms with Gasteiger partial charge in [-0.2, -0.15) is 0 Å².